The topological polar surface area (TPSA) is 40.5 Å². The molecule has 1 rings (SSSR count). The van der Waals surface area contributed by atoms with Gasteiger partial charge >= 0.3 is 12.1 Å². The number of piperidine rings is 1. The fourth-order valence-corrected chi connectivity index (χ4v) is 2.11. The van der Waals surface area contributed by atoms with Crippen LogP contribution in [0, 0.1) is 5.92 Å². The zero-order chi connectivity index (χ0) is 12.9. The molecule has 100 valence electrons. The Labute approximate surface area is 98.6 Å². The predicted molar refractivity (Wildman–Crippen MR) is 56.7 cm³/mol. The number of hydrogen-bond acceptors (Lipinski definition) is 2. The van der Waals surface area contributed by atoms with Crippen LogP contribution < -0.4 is 0 Å². The van der Waals surface area contributed by atoms with Gasteiger partial charge in [-0.05, 0) is 38.9 Å². The second-order valence-electron chi connectivity index (χ2n) is 4.53. The van der Waals surface area contributed by atoms with Crippen molar-refractivity contribution >= 4 is 5.97 Å². The molecule has 1 saturated heterocycles. The first-order valence-corrected chi connectivity index (χ1v) is 5.90. The lowest BCUT2D eigenvalue weighted by Crippen LogP contribution is -2.34. The van der Waals surface area contributed by atoms with E-state index >= 15 is 0 Å². The summed E-state index contributed by atoms with van der Waals surface area (Å²) in [5.41, 5.74) is 0. The molecule has 3 nitrogen and oxygen atoms in total. The Morgan fingerprint density at radius 2 is 1.82 bits per heavy atom. The van der Waals surface area contributed by atoms with Gasteiger partial charge in [-0.15, -0.1) is 0 Å². The average molecular weight is 253 g/mol. The lowest BCUT2D eigenvalue weighted by Gasteiger charge is -2.28. The Balaban J connectivity index is 2.40. The van der Waals surface area contributed by atoms with E-state index in [0.717, 1.165) is 32.4 Å². The number of nitrogens with zero attached hydrogens (tertiary/aromatic N) is 1. The monoisotopic (exact) mass is 253 g/mol. The van der Waals surface area contributed by atoms with Crippen LogP contribution in [0.5, 0.6) is 0 Å². The molecule has 6 heteroatoms. The van der Waals surface area contributed by atoms with Gasteiger partial charge in [0.1, 0.15) is 0 Å². The standard InChI is InChI=1S/C11H18F3NO2/c12-11(13,14)9(8-10(16)17)4-7-15-5-2-1-3-6-15/h9H,1-8H2,(H,16,17). The molecule has 1 aliphatic rings. The molecule has 1 heterocycles. The van der Waals surface area contributed by atoms with Crippen molar-refractivity contribution in [1.82, 2.24) is 4.90 Å². The third kappa shape index (κ3) is 5.39. The maximum absolute atomic E-state index is 12.6. The van der Waals surface area contributed by atoms with E-state index in [1.807, 2.05) is 4.90 Å². The van der Waals surface area contributed by atoms with Crippen LogP contribution >= 0.6 is 0 Å². The summed E-state index contributed by atoms with van der Waals surface area (Å²) in [5.74, 6) is -3.10. The Kier molecular flexibility index (Phi) is 5.24. The van der Waals surface area contributed by atoms with Crippen LogP contribution in [0.25, 0.3) is 0 Å². The van der Waals surface area contributed by atoms with E-state index in [9.17, 15) is 18.0 Å². The molecule has 0 bridgehead atoms. The van der Waals surface area contributed by atoms with Crippen molar-refractivity contribution in [3.63, 3.8) is 0 Å². The molecule has 17 heavy (non-hydrogen) atoms. The van der Waals surface area contributed by atoms with Crippen molar-refractivity contribution in [2.45, 2.75) is 38.3 Å². The van der Waals surface area contributed by atoms with E-state index < -0.39 is 24.5 Å². The molecule has 1 aliphatic heterocycles. The molecule has 1 fully saturated rings. The summed E-state index contributed by atoms with van der Waals surface area (Å²) in [6, 6.07) is 0. The summed E-state index contributed by atoms with van der Waals surface area (Å²) < 4.78 is 37.7. The summed E-state index contributed by atoms with van der Waals surface area (Å²) in [5, 5.41) is 8.47. The molecule has 0 aromatic rings. The number of likely N-dealkylation sites (tertiary alicyclic amines) is 1. The van der Waals surface area contributed by atoms with Crippen molar-refractivity contribution < 1.29 is 23.1 Å². The number of carboxylic acids is 1. The molecule has 0 spiro atoms. The van der Waals surface area contributed by atoms with Crippen molar-refractivity contribution in [2.24, 2.45) is 5.92 Å². The van der Waals surface area contributed by atoms with Crippen molar-refractivity contribution in [2.75, 3.05) is 19.6 Å². The molecule has 0 saturated carbocycles. The molecular formula is C11H18F3NO2. The SMILES string of the molecule is O=C(O)CC(CCN1CCCCC1)C(F)(F)F. The zero-order valence-corrected chi connectivity index (χ0v) is 9.67. The van der Waals surface area contributed by atoms with E-state index in [-0.39, 0.29) is 6.42 Å². The van der Waals surface area contributed by atoms with Crippen LogP contribution in [-0.2, 0) is 4.79 Å². The molecule has 1 unspecified atom stereocenters. The number of rotatable bonds is 5. The van der Waals surface area contributed by atoms with Gasteiger partial charge in [0, 0.05) is 0 Å². The first-order chi connectivity index (χ1) is 7.89. The largest absolute Gasteiger partial charge is 0.481 e. The first-order valence-electron chi connectivity index (χ1n) is 5.90. The number of carbonyl (C=O) groups is 1. The molecular weight excluding hydrogens is 235 g/mol. The highest BCUT2D eigenvalue weighted by Crippen LogP contribution is 2.31. The van der Waals surface area contributed by atoms with Crippen molar-refractivity contribution in [1.29, 1.82) is 0 Å². The van der Waals surface area contributed by atoms with E-state index in [0.29, 0.717) is 6.54 Å². The summed E-state index contributed by atoms with van der Waals surface area (Å²) in [7, 11) is 0. The van der Waals surface area contributed by atoms with Gasteiger partial charge in [0.05, 0.1) is 12.3 Å². The summed E-state index contributed by atoms with van der Waals surface area (Å²) in [6.07, 6.45) is -2.17. The van der Waals surface area contributed by atoms with Crippen LogP contribution in [-0.4, -0.2) is 41.8 Å². The third-order valence-corrected chi connectivity index (χ3v) is 3.13. The number of hydrogen-bond donors (Lipinski definition) is 1. The van der Waals surface area contributed by atoms with Crippen LogP contribution in [0.4, 0.5) is 13.2 Å². The minimum absolute atomic E-state index is 0.115. The summed E-state index contributed by atoms with van der Waals surface area (Å²) in [4.78, 5) is 12.4. The van der Waals surface area contributed by atoms with Crippen LogP contribution in [0.15, 0.2) is 0 Å². The lowest BCUT2D eigenvalue weighted by atomic mass is 10.00. The smallest absolute Gasteiger partial charge is 0.392 e. The lowest BCUT2D eigenvalue weighted by molar-refractivity contribution is -0.185. The van der Waals surface area contributed by atoms with Gasteiger partial charge in [-0.3, -0.25) is 4.79 Å². The van der Waals surface area contributed by atoms with Gasteiger partial charge in [0.15, 0.2) is 0 Å². The predicted octanol–water partition coefficient (Wildman–Crippen LogP) is 2.52. The van der Waals surface area contributed by atoms with Crippen molar-refractivity contribution in [3.8, 4) is 0 Å². The van der Waals surface area contributed by atoms with Gasteiger partial charge < -0.3 is 10.0 Å². The molecule has 1 atom stereocenters. The van der Waals surface area contributed by atoms with Crippen LogP contribution in [0.3, 0.4) is 0 Å². The van der Waals surface area contributed by atoms with E-state index in [1.54, 1.807) is 0 Å². The van der Waals surface area contributed by atoms with Crippen LogP contribution in [0.2, 0.25) is 0 Å². The highest BCUT2D eigenvalue weighted by Gasteiger charge is 2.40. The summed E-state index contributed by atoms with van der Waals surface area (Å²) in [6.45, 7) is 2.01. The van der Waals surface area contributed by atoms with E-state index in [4.69, 9.17) is 5.11 Å². The number of carboxylic acid groups (broad SMARTS) is 1. The molecule has 0 amide bonds. The molecule has 0 radical (unpaired) electrons. The van der Waals surface area contributed by atoms with E-state index in [1.165, 1.54) is 0 Å². The van der Waals surface area contributed by atoms with Gasteiger partial charge in [0.2, 0.25) is 0 Å². The minimum Gasteiger partial charge on any atom is -0.481 e. The van der Waals surface area contributed by atoms with Gasteiger partial charge in [0.25, 0.3) is 0 Å². The Morgan fingerprint density at radius 3 is 2.29 bits per heavy atom. The fourth-order valence-electron chi connectivity index (χ4n) is 2.11. The van der Waals surface area contributed by atoms with E-state index in [2.05, 4.69) is 0 Å². The van der Waals surface area contributed by atoms with Crippen LogP contribution in [0.1, 0.15) is 32.1 Å². The highest BCUT2D eigenvalue weighted by atomic mass is 19.4. The van der Waals surface area contributed by atoms with Gasteiger partial charge in [-0.2, -0.15) is 13.2 Å². The normalized spacial score (nSPS) is 20.2. The average Bonchev–Trinajstić information content (AvgIpc) is 2.23. The van der Waals surface area contributed by atoms with Gasteiger partial charge in [-0.25, -0.2) is 0 Å². The molecule has 0 aromatic carbocycles. The molecule has 0 aromatic heterocycles. The third-order valence-electron chi connectivity index (χ3n) is 3.13. The van der Waals surface area contributed by atoms with Gasteiger partial charge in [-0.1, -0.05) is 6.42 Å². The zero-order valence-electron chi connectivity index (χ0n) is 9.67. The Morgan fingerprint density at radius 1 is 1.24 bits per heavy atom. The number of halogens is 3. The minimum atomic E-state index is -4.41. The Bertz CT molecular complexity index is 250. The highest BCUT2D eigenvalue weighted by molar-refractivity contribution is 5.67. The maximum atomic E-state index is 12.6. The molecule has 0 aliphatic carbocycles. The Hall–Kier alpha value is -0.780. The second kappa shape index (κ2) is 6.23. The summed E-state index contributed by atoms with van der Waals surface area (Å²) >= 11 is 0. The van der Waals surface area contributed by atoms with Crippen molar-refractivity contribution in [3.05, 3.63) is 0 Å². The number of alkyl halides is 3. The maximum Gasteiger partial charge on any atom is 0.392 e. The molecule has 1 N–H and O–H groups in total. The fraction of sp³-hybridized carbons (Fsp3) is 0.909. The first kappa shape index (κ1) is 14.3. The second-order valence-corrected chi connectivity index (χ2v) is 4.53. The number of aliphatic carboxylic acids is 1. The quantitative estimate of drug-likeness (QED) is 0.818.